The highest BCUT2D eigenvalue weighted by Crippen LogP contribution is 2.28. The molecule has 0 spiro atoms. The number of hydrogen-bond donors (Lipinski definition) is 3. The van der Waals surface area contributed by atoms with E-state index < -0.39 is 27.8 Å². The van der Waals surface area contributed by atoms with E-state index in [1.54, 1.807) is 18.2 Å². The molecule has 11 nitrogen and oxygen atoms in total. The van der Waals surface area contributed by atoms with Crippen LogP contribution in [0, 0.1) is 0 Å². The lowest BCUT2D eigenvalue weighted by atomic mass is 10.0. The van der Waals surface area contributed by atoms with Gasteiger partial charge in [-0.1, -0.05) is 12.1 Å². The fourth-order valence-corrected chi connectivity index (χ4v) is 4.30. The molecule has 1 aromatic heterocycles. The Kier molecular flexibility index (Phi) is 5.85. The van der Waals surface area contributed by atoms with Crippen molar-refractivity contribution in [1.82, 2.24) is 20.5 Å². The molecule has 5 amide bonds. The Hall–Kier alpha value is -3.80. The maximum atomic E-state index is 12.9. The highest BCUT2D eigenvalue weighted by atomic mass is 32.2. The van der Waals surface area contributed by atoms with Gasteiger partial charge in [-0.2, -0.15) is 0 Å². The quantitative estimate of drug-likeness (QED) is 0.539. The number of rotatable bonds is 5. The van der Waals surface area contributed by atoms with Gasteiger partial charge in [0.2, 0.25) is 11.8 Å². The van der Waals surface area contributed by atoms with Crippen LogP contribution in [0.25, 0.3) is 0 Å². The lowest BCUT2D eigenvalue weighted by Crippen LogP contribution is -2.52. The van der Waals surface area contributed by atoms with Crippen LogP contribution >= 0.6 is 0 Å². The van der Waals surface area contributed by atoms with Gasteiger partial charge in [0.15, 0.2) is 14.9 Å². The highest BCUT2D eigenvalue weighted by Gasteiger charge is 2.39. The number of amides is 5. The van der Waals surface area contributed by atoms with E-state index in [9.17, 15) is 27.6 Å². The first-order chi connectivity index (χ1) is 15.6. The molecule has 33 heavy (non-hydrogen) atoms. The number of aromatic nitrogens is 1. The Balaban J connectivity index is 1.36. The Morgan fingerprint density at radius 3 is 2.67 bits per heavy atom. The van der Waals surface area contributed by atoms with E-state index in [2.05, 4.69) is 20.9 Å². The minimum absolute atomic E-state index is 0.0948. The van der Waals surface area contributed by atoms with Gasteiger partial charge < -0.3 is 15.5 Å². The molecular formula is C21H21N5O6S. The maximum Gasteiger partial charge on any atom is 0.319 e. The van der Waals surface area contributed by atoms with E-state index in [1.807, 2.05) is 0 Å². The number of hydrogen-bond acceptors (Lipinski definition) is 7. The predicted molar refractivity (Wildman–Crippen MR) is 116 cm³/mol. The van der Waals surface area contributed by atoms with E-state index in [0.717, 1.165) is 11.8 Å². The molecule has 0 bridgehead atoms. The predicted octanol–water partition coefficient (Wildman–Crippen LogP) is 0.568. The van der Waals surface area contributed by atoms with Crippen molar-refractivity contribution in [3.05, 3.63) is 53.2 Å². The first kappa shape index (κ1) is 22.4. The van der Waals surface area contributed by atoms with E-state index in [4.69, 9.17) is 0 Å². The molecule has 1 unspecified atom stereocenters. The van der Waals surface area contributed by atoms with Crippen LogP contribution < -0.4 is 16.0 Å². The summed E-state index contributed by atoms with van der Waals surface area (Å²) in [6, 6.07) is 6.75. The van der Waals surface area contributed by atoms with Crippen molar-refractivity contribution in [3.8, 4) is 0 Å². The van der Waals surface area contributed by atoms with Crippen molar-refractivity contribution in [2.75, 3.05) is 11.6 Å². The highest BCUT2D eigenvalue weighted by molar-refractivity contribution is 7.90. The van der Waals surface area contributed by atoms with E-state index in [0.29, 0.717) is 23.2 Å². The zero-order chi connectivity index (χ0) is 23.8. The van der Waals surface area contributed by atoms with E-state index in [1.165, 1.54) is 23.2 Å². The van der Waals surface area contributed by atoms with Gasteiger partial charge in [-0.25, -0.2) is 18.2 Å². The second-order valence-corrected chi connectivity index (χ2v) is 9.82. The first-order valence-corrected chi connectivity index (χ1v) is 12.0. The third kappa shape index (κ3) is 4.85. The number of benzene rings is 1. The van der Waals surface area contributed by atoms with Crippen LogP contribution in [0.5, 0.6) is 0 Å². The standard InChI is InChI=1S/C21H21N5O6S/c1-33(31,32)18-7-4-14(10-22-18)24-21(30)23-9-12-2-3-13-11-26(20(29)15(13)8-12)16-5-6-17(27)25-19(16)28/h2-4,7-8,10,16H,5-6,9,11H2,1H3,(H2,23,24,30)(H,25,27,28). The number of nitrogens with one attached hydrogen (secondary N) is 3. The van der Waals surface area contributed by atoms with Crippen molar-refractivity contribution in [2.45, 2.75) is 37.0 Å². The lowest BCUT2D eigenvalue weighted by molar-refractivity contribution is -0.136. The molecule has 12 heteroatoms. The second-order valence-electron chi connectivity index (χ2n) is 7.86. The molecular weight excluding hydrogens is 450 g/mol. The number of sulfone groups is 1. The zero-order valence-corrected chi connectivity index (χ0v) is 18.4. The van der Waals surface area contributed by atoms with Gasteiger partial charge in [0.25, 0.3) is 5.91 Å². The summed E-state index contributed by atoms with van der Waals surface area (Å²) in [5.41, 5.74) is 2.24. The van der Waals surface area contributed by atoms with Crippen LogP contribution in [0.1, 0.15) is 34.3 Å². The summed E-state index contributed by atoms with van der Waals surface area (Å²) in [6.45, 7) is 0.421. The molecule has 0 radical (unpaired) electrons. The Morgan fingerprint density at radius 1 is 1.21 bits per heavy atom. The molecule has 2 aromatic rings. The second kappa shape index (κ2) is 8.62. The van der Waals surface area contributed by atoms with E-state index >= 15 is 0 Å². The number of nitrogens with zero attached hydrogens (tertiary/aromatic N) is 2. The van der Waals surface area contributed by atoms with Crippen LogP contribution in [-0.2, 0) is 32.5 Å². The summed E-state index contributed by atoms with van der Waals surface area (Å²) in [4.78, 5) is 53.8. The number of pyridine rings is 1. The minimum atomic E-state index is -3.43. The van der Waals surface area contributed by atoms with Gasteiger partial charge in [0.1, 0.15) is 6.04 Å². The van der Waals surface area contributed by atoms with Crippen molar-refractivity contribution in [2.24, 2.45) is 0 Å². The average Bonchev–Trinajstić information content (AvgIpc) is 3.08. The fraction of sp³-hybridized carbons (Fsp3) is 0.286. The minimum Gasteiger partial charge on any atom is -0.334 e. The largest absolute Gasteiger partial charge is 0.334 e. The molecule has 1 aromatic carbocycles. The first-order valence-electron chi connectivity index (χ1n) is 10.1. The summed E-state index contributed by atoms with van der Waals surface area (Å²) in [5.74, 6) is -1.10. The number of anilines is 1. The third-order valence-electron chi connectivity index (χ3n) is 5.42. The molecule has 0 aliphatic carbocycles. The number of carbonyl (C=O) groups excluding carboxylic acids is 4. The van der Waals surface area contributed by atoms with Gasteiger partial charge in [0, 0.05) is 31.3 Å². The summed E-state index contributed by atoms with van der Waals surface area (Å²) in [6.07, 6.45) is 2.76. The number of imide groups is 1. The normalized spacial score (nSPS) is 18.0. The molecule has 1 saturated heterocycles. The Labute approximate surface area is 189 Å². The average molecular weight is 471 g/mol. The van der Waals surface area contributed by atoms with Crippen LogP contribution in [0.3, 0.4) is 0 Å². The molecule has 3 N–H and O–H groups in total. The molecule has 2 aliphatic heterocycles. The van der Waals surface area contributed by atoms with Crippen LogP contribution in [0.15, 0.2) is 41.6 Å². The third-order valence-corrected chi connectivity index (χ3v) is 6.42. The molecule has 0 saturated carbocycles. The SMILES string of the molecule is CS(=O)(=O)c1ccc(NC(=O)NCc2ccc3c(c2)C(=O)N(C2CCC(=O)NC2=O)C3)cn1. The van der Waals surface area contributed by atoms with Crippen LogP contribution in [0.2, 0.25) is 0 Å². The van der Waals surface area contributed by atoms with Crippen molar-refractivity contribution >= 4 is 39.3 Å². The number of fused-ring (bicyclic) bond motifs is 1. The van der Waals surface area contributed by atoms with Gasteiger partial charge >= 0.3 is 6.03 Å². The van der Waals surface area contributed by atoms with Crippen LogP contribution in [-0.4, -0.2) is 54.4 Å². The number of carbonyl (C=O) groups is 4. The van der Waals surface area contributed by atoms with Gasteiger partial charge in [-0.15, -0.1) is 0 Å². The summed E-state index contributed by atoms with van der Waals surface area (Å²) >= 11 is 0. The van der Waals surface area contributed by atoms with Crippen molar-refractivity contribution in [3.63, 3.8) is 0 Å². The smallest absolute Gasteiger partial charge is 0.319 e. The molecule has 4 rings (SSSR count). The van der Waals surface area contributed by atoms with Crippen molar-refractivity contribution < 1.29 is 27.6 Å². The Morgan fingerprint density at radius 2 is 2.00 bits per heavy atom. The van der Waals surface area contributed by atoms with Gasteiger partial charge in [-0.3, -0.25) is 19.7 Å². The summed E-state index contributed by atoms with van der Waals surface area (Å²) < 4.78 is 22.9. The van der Waals surface area contributed by atoms with Gasteiger partial charge in [-0.05, 0) is 35.7 Å². The summed E-state index contributed by atoms with van der Waals surface area (Å²) in [7, 11) is -3.43. The maximum absolute atomic E-state index is 12.9. The van der Waals surface area contributed by atoms with E-state index in [-0.39, 0.29) is 36.4 Å². The Bertz CT molecular complexity index is 1260. The van der Waals surface area contributed by atoms with Crippen LogP contribution in [0.4, 0.5) is 10.5 Å². The lowest BCUT2D eigenvalue weighted by Gasteiger charge is -2.29. The molecule has 1 atom stereocenters. The number of piperidine rings is 1. The summed E-state index contributed by atoms with van der Waals surface area (Å²) in [5, 5.41) is 7.39. The molecule has 1 fully saturated rings. The van der Waals surface area contributed by atoms with Gasteiger partial charge in [0.05, 0.1) is 11.9 Å². The fourth-order valence-electron chi connectivity index (χ4n) is 3.74. The van der Waals surface area contributed by atoms with Crippen molar-refractivity contribution in [1.29, 1.82) is 0 Å². The monoisotopic (exact) mass is 471 g/mol. The topological polar surface area (TPSA) is 155 Å². The number of urea groups is 1. The molecule has 3 heterocycles. The zero-order valence-electron chi connectivity index (χ0n) is 17.6. The molecule has 2 aliphatic rings. The molecule has 172 valence electrons.